The highest BCUT2D eigenvalue weighted by atomic mass is 127. The molecule has 2 aromatic rings. The van der Waals surface area contributed by atoms with E-state index in [2.05, 4.69) is 149 Å². The Bertz CT molecular complexity index is 1100. The molecule has 4 atom stereocenters. The van der Waals surface area contributed by atoms with Crippen LogP contribution in [0.2, 0.25) is 26.2 Å². The van der Waals surface area contributed by atoms with Gasteiger partial charge < -0.3 is 14.2 Å². The molecule has 7 heteroatoms. The molecule has 2 unspecified atom stereocenters. The van der Waals surface area contributed by atoms with Crippen LogP contribution in [-0.2, 0) is 17.6 Å². The Morgan fingerprint density at radius 1 is 0.667 bits per heavy atom. The average molecular weight is 789 g/mol. The molecule has 0 bridgehead atoms. The Kier molecular flexibility index (Phi) is 9.40. The van der Waals surface area contributed by atoms with Crippen LogP contribution < -0.4 is 9.47 Å². The first-order valence-corrected chi connectivity index (χ1v) is 21.4. The fourth-order valence-corrected chi connectivity index (χ4v) is 13.9. The summed E-state index contributed by atoms with van der Waals surface area (Å²) in [4.78, 5) is 0. The fraction of sp³-hybridized carbons (Fsp3) is 0.625. The highest BCUT2D eigenvalue weighted by Gasteiger charge is 2.63. The molecule has 3 nitrogen and oxygen atoms in total. The number of fused-ring (bicyclic) bond motifs is 2. The summed E-state index contributed by atoms with van der Waals surface area (Å²) in [7, 11) is -2.03. The maximum Gasteiger partial charge on any atom is 0.125 e. The van der Waals surface area contributed by atoms with Crippen LogP contribution in [0.1, 0.15) is 65.5 Å². The first-order chi connectivity index (χ1) is 18.0. The summed E-state index contributed by atoms with van der Waals surface area (Å²) in [5.41, 5.74) is 2.41. The molecule has 4 rings (SSSR count). The first kappa shape index (κ1) is 31.8. The van der Waals surface area contributed by atoms with Crippen molar-refractivity contribution in [1.29, 1.82) is 0 Å². The van der Waals surface area contributed by atoms with Gasteiger partial charge in [-0.1, -0.05) is 67.7 Å². The van der Waals surface area contributed by atoms with Crippen LogP contribution in [0.3, 0.4) is 0 Å². The van der Waals surface area contributed by atoms with Gasteiger partial charge in [-0.15, -0.1) is 0 Å². The standard InChI is InChI=1S/C32H46I2O3Si2/c1-29(2,3)31(38(7)8,27-17-11-21-19-23(33)13-15-25(21)35-27)37-32(39(9)10,30(4,5)6)28-18-12-22-20-24(34)14-16-26(22)36-28/h13-16,19-20,27-28H,11-12,17-18H2,1-10H3/t27-,28-,31?,32?/m1/s1. The van der Waals surface area contributed by atoms with E-state index >= 15 is 0 Å². The molecule has 0 N–H and O–H groups in total. The molecule has 2 heterocycles. The minimum Gasteiger partial charge on any atom is -0.487 e. The van der Waals surface area contributed by atoms with Gasteiger partial charge >= 0.3 is 0 Å². The Labute approximate surface area is 268 Å². The number of benzene rings is 2. The summed E-state index contributed by atoms with van der Waals surface area (Å²) in [5.74, 6) is 2.06. The zero-order valence-electron chi connectivity index (χ0n) is 25.4. The third-order valence-corrected chi connectivity index (χ3v) is 15.5. The Balaban J connectivity index is 1.85. The first-order valence-electron chi connectivity index (χ1n) is 14.2. The normalized spacial score (nSPS) is 22.8. The van der Waals surface area contributed by atoms with Crippen molar-refractivity contribution in [3.8, 4) is 11.5 Å². The molecule has 0 amide bonds. The zero-order valence-corrected chi connectivity index (χ0v) is 31.7. The molecule has 2 radical (unpaired) electrons. The van der Waals surface area contributed by atoms with Crippen LogP contribution in [-0.4, -0.2) is 40.3 Å². The molecular formula is C32H46I2O3Si2. The van der Waals surface area contributed by atoms with E-state index in [4.69, 9.17) is 14.2 Å². The molecule has 0 saturated heterocycles. The van der Waals surface area contributed by atoms with Crippen LogP contribution in [0.5, 0.6) is 11.5 Å². The summed E-state index contributed by atoms with van der Waals surface area (Å²) in [6.45, 7) is 24.0. The predicted molar refractivity (Wildman–Crippen MR) is 184 cm³/mol. The van der Waals surface area contributed by atoms with Gasteiger partial charge in [0.05, 0.1) is 28.0 Å². The Morgan fingerprint density at radius 3 is 1.33 bits per heavy atom. The molecule has 0 fully saturated rings. The van der Waals surface area contributed by atoms with Gasteiger partial charge in [-0.2, -0.15) is 0 Å². The number of hydrogen-bond acceptors (Lipinski definition) is 3. The minimum absolute atomic E-state index is 0.00511. The SMILES string of the molecule is C[Si](C)C(OC([C@H]1CCc2cc(I)ccc2O1)([Si](C)C)C(C)(C)C)([C@H]1CCc2cc(I)ccc2O1)C(C)(C)C. The van der Waals surface area contributed by atoms with Crippen molar-refractivity contribution in [2.75, 3.05) is 0 Å². The summed E-state index contributed by atoms with van der Waals surface area (Å²) < 4.78 is 24.6. The van der Waals surface area contributed by atoms with Gasteiger partial charge in [0.15, 0.2) is 0 Å². The monoisotopic (exact) mass is 788 g/mol. The minimum atomic E-state index is -1.02. The third-order valence-electron chi connectivity index (χ3n) is 8.88. The molecule has 39 heavy (non-hydrogen) atoms. The van der Waals surface area contributed by atoms with E-state index in [1.807, 2.05) is 0 Å². The van der Waals surface area contributed by atoms with Gasteiger partial charge in [0, 0.05) is 7.14 Å². The van der Waals surface area contributed by atoms with E-state index in [1.54, 1.807) is 0 Å². The van der Waals surface area contributed by atoms with Gasteiger partial charge in [-0.05, 0) is 129 Å². The second-order valence-corrected chi connectivity index (χ2v) is 21.8. The summed E-state index contributed by atoms with van der Waals surface area (Å²) >= 11 is 4.81. The van der Waals surface area contributed by atoms with Crippen molar-refractivity contribution in [2.45, 2.75) is 116 Å². The third kappa shape index (κ3) is 5.78. The zero-order chi connectivity index (χ0) is 29.0. The summed E-state index contributed by atoms with van der Waals surface area (Å²) in [6.07, 6.45) is 3.99. The smallest absolute Gasteiger partial charge is 0.125 e. The highest BCUT2D eigenvalue weighted by Crippen LogP contribution is 2.53. The Hall–Kier alpha value is -0.106. The van der Waals surface area contributed by atoms with Crippen molar-refractivity contribution in [3.63, 3.8) is 0 Å². The molecule has 0 aliphatic carbocycles. The highest BCUT2D eigenvalue weighted by molar-refractivity contribution is 14.1. The largest absolute Gasteiger partial charge is 0.487 e. The van der Waals surface area contributed by atoms with Crippen molar-refractivity contribution < 1.29 is 14.2 Å². The van der Waals surface area contributed by atoms with Crippen LogP contribution in [0, 0.1) is 18.0 Å². The molecule has 214 valence electrons. The molecule has 2 aliphatic heterocycles. The van der Waals surface area contributed by atoms with Gasteiger partial charge in [-0.25, -0.2) is 0 Å². The molecule has 0 saturated carbocycles. The number of ether oxygens (including phenoxy) is 3. The lowest BCUT2D eigenvalue weighted by molar-refractivity contribution is -0.229. The topological polar surface area (TPSA) is 27.7 Å². The second-order valence-electron chi connectivity index (χ2n) is 13.9. The lowest BCUT2D eigenvalue weighted by Gasteiger charge is -2.62. The van der Waals surface area contributed by atoms with Crippen LogP contribution >= 0.6 is 45.2 Å². The lowest BCUT2D eigenvalue weighted by Crippen LogP contribution is -2.75. The van der Waals surface area contributed by atoms with E-state index in [0.717, 1.165) is 37.2 Å². The lowest BCUT2D eigenvalue weighted by atomic mass is 9.78. The predicted octanol–water partition coefficient (Wildman–Crippen LogP) is 9.16. The second kappa shape index (κ2) is 11.5. The van der Waals surface area contributed by atoms with E-state index in [9.17, 15) is 0 Å². The molecule has 0 aromatic heterocycles. The van der Waals surface area contributed by atoms with Gasteiger partial charge in [0.1, 0.15) is 23.7 Å². The number of rotatable bonds is 6. The van der Waals surface area contributed by atoms with Crippen molar-refractivity contribution in [2.24, 2.45) is 10.8 Å². The number of hydrogen-bond donors (Lipinski definition) is 0. The summed E-state index contributed by atoms with van der Waals surface area (Å²) in [5, 5.41) is -0.827. The maximum absolute atomic E-state index is 8.07. The number of aryl methyl sites for hydroxylation is 2. The van der Waals surface area contributed by atoms with Crippen LogP contribution in [0.15, 0.2) is 36.4 Å². The quantitative estimate of drug-likeness (QED) is 0.216. The van der Waals surface area contributed by atoms with Crippen LogP contribution in [0.25, 0.3) is 0 Å². The van der Waals surface area contributed by atoms with Crippen molar-refractivity contribution >= 4 is 62.8 Å². The van der Waals surface area contributed by atoms with Crippen LogP contribution in [0.4, 0.5) is 0 Å². The van der Waals surface area contributed by atoms with E-state index in [-0.39, 0.29) is 23.0 Å². The van der Waals surface area contributed by atoms with Crippen molar-refractivity contribution in [1.82, 2.24) is 0 Å². The molecular weight excluding hydrogens is 742 g/mol. The van der Waals surface area contributed by atoms with Gasteiger partial charge in [0.25, 0.3) is 0 Å². The van der Waals surface area contributed by atoms with Gasteiger partial charge in [0.2, 0.25) is 0 Å². The van der Waals surface area contributed by atoms with E-state index in [0.29, 0.717) is 0 Å². The number of halogens is 2. The fourth-order valence-electron chi connectivity index (χ4n) is 7.29. The molecule has 0 spiro atoms. The average Bonchev–Trinajstić information content (AvgIpc) is 2.82. The molecule has 2 aliphatic rings. The van der Waals surface area contributed by atoms with E-state index < -0.39 is 28.0 Å². The van der Waals surface area contributed by atoms with Crippen molar-refractivity contribution in [3.05, 3.63) is 54.7 Å². The van der Waals surface area contributed by atoms with E-state index in [1.165, 1.54) is 18.3 Å². The van der Waals surface area contributed by atoms with Gasteiger partial charge in [-0.3, -0.25) is 0 Å². The molecule has 2 aromatic carbocycles. The Morgan fingerprint density at radius 2 is 1.03 bits per heavy atom. The maximum atomic E-state index is 8.07. The summed E-state index contributed by atoms with van der Waals surface area (Å²) in [6, 6.07) is 13.2.